The van der Waals surface area contributed by atoms with Gasteiger partial charge in [0.25, 0.3) is 6.29 Å². The first-order valence-corrected chi connectivity index (χ1v) is 6.48. The lowest BCUT2D eigenvalue weighted by Crippen LogP contribution is -2.02. The predicted octanol–water partition coefficient (Wildman–Crippen LogP) is 2.80. The number of aromatic nitrogens is 3. The minimum atomic E-state index is -0.451. The van der Waals surface area contributed by atoms with Gasteiger partial charge < -0.3 is 9.47 Å². The second-order valence-corrected chi connectivity index (χ2v) is 4.91. The van der Waals surface area contributed by atoms with E-state index in [4.69, 9.17) is 9.47 Å². The van der Waals surface area contributed by atoms with Crippen molar-refractivity contribution in [3.63, 3.8) is 0 Å². The Hall–Kier alpha value is -2.37. The van der Waals surface area contributed by atoms with E-state index in [0.29, 0.717) is 11.5 Å². The fourth-order valence-electron chi connectivity index (χ4n) is 2.19. The molecule has 0 aromatic carbocycles. The van der Waals surface area contributed by atoms with E-state index in [-0.39, 0.29) is 11.7 Å². The van der Waals surface area contributed by atoms with Gasteiger partial charge in [-0.05, 0) is 25.0 Å². The molecule has 0 unspecified atom stereocenters. The van der Waals surface area contributed by atoms with E-state index in [1.54, 1.807) is 12.3 Å². The standard InChI is InChI=1S/C14H12FN3O2/c15-11-8-18(17-13(11)9-1-2-9)12-4-3-10(7-16-12)14-19-5-6-20-14/h3-9,14H,1-2H2. The Morgan fingerprint density at radius 1 is 1.20 bits per heavy atom. The van der Waals surface area contributed by atoms with Crippen molar-refractivity contribution < 1.29 is 13.9 Å². The number of halogens is 1. The zero-order valence-electron chi connectivity index (χ0n) is 10.6. The molecule has 2 aliphatic rings. The fraction of sp³-hybridized carbons (Fsp3) is 0.286. The molecule has 0 atom stereocenters. The molecule has 1 aliphatic carbocycles. The van der Waals surface area contributed by atoms with Crippen LogP contribution in [0.3, 0.4) is 0 Å². The number of ether oxygens (including phenoxy) is 2. The van der Waals surface area contributed by atoms with E-state index < -0.39 is 6.29 Å². The van der Waals surface area contributed by atoms with Crippen molar-refractivity contribution in [1.29, 1.82) is 0 Å². The van der Waals surface area contributed by atoms with E-state index in [9.17, 15) is 4.39 Å². The number of rotatable bonds is 3. The minimum absolute atomic E-state index is 0.259. The Morgan fingerprint density at radius 2 is 2.00 bits per heavy atom. The van der Waals surface area contributed by atoms with Gasteiger partial charge in [0.2, 0.25) is 0 Å². The van der Waals surface area contributed by atoms with E-state index in [2.05, 4.69) is 10.1 Å². The topological polar surface area (TPSA) is 49.2 Å². The maximum absolute atomic E-state index is 13.8. The van der Waals surface area contributed by atoms with Crippen LogP contribution in [-0.2, 0) is 9.47 Å². The summed E-state index contributed by atoms with van der Waals surface area (Å²) < 4.78 is 25.7. The van der Waals surface area contributed by atoms with Crippen molar-refractivity contribution in [3.05, 3.63) is 54.1 Å². The van der Waals surface area contributed by atoms with Crippen LogP contribution in [0.4, 0.5) is 4.39 Å². The van der Waals surface area contributed by atoms with Gasteiger partial charge in [0.1, 0.15) is 18.2 Å². The van der Waals surface area contributed by atoms with Crippen molar-refractivity contribution in [2.75, 3.05) is 0 Å². The summed E-state index contributed by atoms with van der Waals surface area (Å²) in [4.78, 5) is 4.27. The summed E-state index contributed by atoms with van der Waals surface area (Å²) in [5.74, 6) is 0.595. The SMILES string of the molecule is Fc1cn(-c2ccc(C3OC=CO3)cn2)nc1C1CC1. The largest absolute Gasteiger partial charge is 0.455 e. The van der Waals surface area contributed by atoms with Crippen LogP contribution in [0.25, 0.3) is 5.82 Å². The van der Waals surface area contributed by atoms with Gasteiger partial charge >= 0.3 is 0 Å². The average molecular weight is 273 g/mol. The van der Waals surface area contributed by atoms with E-state index in [1.165, 1.54) is 23.4 Å². The second-order valence-electron chi connectivity index (χ2n) is 4.91. The first kappa shape index (κ1) is 11.5. The number of nitrogens with zero attached hydrogens (tertiary/aromatic N) is 3. The summed E-state index contributed by atoms with van der Waals surface area (Å²) >= 11 is 0. The molecular formula is C14H12FN3O2. The van der Waals surface area contributed by atoms with E-state index in [0.717, 1.165) is 18.4 Å². The Kier molecular flexibility index (Phi) is 2.48. The third-order valence-electron chi connectivity index (χ3n) is 3.40. The zero-order chi connectivity index (χ0) is 13.5. The van der Waals surface area contributed by atoms with Gasteiger partial charge in [-0.1, -0.05) is 0 Å². The molecule has 0 N–H and O–H groups in total. The Labute approximate surface area is 114 Å². The van der Waals surface area contributed by atoms with Crippen LogP contribution in [0.2, 0.25) is 0 Å². The number of pyridine rings is 1. The van der Waals surface area contributed by atoms with Crippen LogP contribution in [0.5, 0.6) is 0 Å². The summed E-state index contributed by atoms with van der Waals surface area (Å²) in [6.45, 7) is 0. The van der Waals surface area contributed by atoms with Crippen LogP contribution in [0.1, 0.15) is 36.3 Å². The highest BCUT2D eigenvalue weighted by Gasteiger charge is 2.30. The summed E-state index contributed by atoms with van der Waals surface area (Å²) in [7, 11) is 0. The molecule has 1 aliphatic heterocycles. The normalized spacial score (nSPS) is 18.1. The zero-order valence-corrected chi connectivity index (χ0v) is 10.6. The van der Waals surface area contributed by atoms with Crippen LogP contribution < -0.4 is 0 Å². The predicted molar refractivity (Wildman–Crippen MR) is 67.3 cm³/mol. The summed E-state index contributed by atoms with van der Waals surface area (Å²) in [6.07, 6.45) is 7.58. The molecule has 6 heteroatoms. The molecule has 4 rings (SSSR count). The highest BCUT2D eigenvalue weighted by molar-refractivity contribution is 5.27. The molecule has 1 fully saturated rings. The molecular weight excluding hydrogens is 261 g/mol. The van der Waals surface area contributed by atoms with Crippen LogP contribution in [0, 0.1) is 5.82 Å². The molecule has 20 heavy (non-hydrogen) atoms. The first-order valence-electron chi connectivity index (χ1n) is 6.48. The van der Waals surface area contributed by atoms with Gasteiger partial charge in [-0.25, -0.2) is 14.1 Å². The molecule has 2 aromatic heterocycles. The lowest BCUT2D eigenvalue weighted by Gasteiger charge is -2.10. The van der Waals surface area contributed by atoms with Gasteiger partial charge in [-0.15, -0.1) is 0 Å². The maximum Gasteiger partial charge on any atom is 0.267 e. The highest BCUT2D eigenvalue weighted by Crippen LogP contribution is 2.40. The molecule has 0 spiro atoms. The third-order valence-corrected chi connectivity index (χ3v) is 3.40. The highest BCUT2D eigenvalue weighted by atomic mass is 19.1. The number of hydrogen-bond donors (Lipinski definition) is 0. The molecule has 5 nitrogen and oxygen atoms in total. The van der Waals surface area contributed by atoms with E-state index >= 15 is 0 Å². The Balaban J connectivity index is 1.60. The van der Waals surface area contributed by atoms with Gasteiger partial charge in [-0.2, -0.15) is 5.10 Å². The van der Waals surface area contributed by atoms with Crippen LogP contribution >= 0.6 is 0 Å². The van der Waals surface area contributed by atoms with Crippen molar-refractivity contribution >= 4 is 0 Å². The van der Waals surface area contributed by atoms with Gasteiger partial charge in [-0.3, -0.25) is 0 Å². The molecule has 0 radical (unpaired) electrons. The molecule has 3 heterocycles. The Morgan fingerprint density at radius 3 is 2.65 bits per heavy atom. The molecule has 0 bridgehead atoms. The molecule has 1 saturated carbocycles. The molecule has 2 aromatic rings. The first-order chi connectivity index (χ1) is 9.81. The Bertz CT molecular complexity index is 654. The second kappa shape index (κ2) is 4.33. The third kappa shape index (κ3) is 1.93. The minimum Gasteiger partial charge on any atom is -0.455 e. The van der Waals surface area contributed by atoms with Gasteiger partial charge in [0, 0.05) is 12.1 Å². The van der Waals surface area contributed by atoms with E-state index in [1.807, 2.05) is 6.07 Å². The summed E-state index contributed by atoms with van der Waals surface area (Å²) in [6, 6.07) is 3.60. The van der Waals surface area contributed by atoms with Crippen molar-refractivity contribution in [2.45, 2.75) is 25.0 Å². The number of hydrogen-bond acceptors (Lipinski definition) is 4. The molecule has 0 amide bonds. The van der Waals surface area contributed by atoms with Crippen LogP contribution in [0.15, 0.2) is 37.1 Å². The quantitative estimate of drug-likeness (QED) is 0.862. The van der Waals surface area contributed by atoms with Crippen LogP contribution in [-0.4, -0.2) is 14.8 Å². The summed E-state index contributed by atoms with van der Waals surface area (Å²) in [5, 5.41) is 4.27. The molecule has 102 valence electrons. The van der Waals surface area contributed by atoms with Crippen molar-refractivity contribution in [1.82, 2.24) is 14.8 Å². The average Bonchev–Trinajstić information content (AvgIpc) is 3.02. The maximum atomic E-state index is 13.8. The fourth-order valence-corrected chi connectivity index (χ4v) is 2.19. The lowest BCUT2D eigenvalue weighted by molar-refractivity contribution is -0.0248. The smallest absolute Gasteiger partial charge is 0.267 e. The van der Waals surface area contributed by atoms with Crippen molar-refractivity contribution in [3.8, 4) is 5.82 Å². The molecule has 0 saturated heterocycles. The van der Waals surface area contributed by atoms with Crippen molar-refractivity contribution in [2.24, 2.45) is 0 Å². The summed E-state index contributed by atoms with van der Waals surface area (Å²) in [5.41, 5.74) is 1.34. The lowest BCUT2D eigenvalue weighted by atomic mass is 10.3. The van der Waals surface area contributed by atoms with Gasteiger partial charge in [0.05, 0.1) is 11.8 Å². The monoisotopic (exact) mass is 273 g/mol. The van der Waals surface area contributed by atoms with Gasteiger partial charge in [0.15, 0.2) is 11.6 Å².